The summed E-state index contributed by atoms with van der Waals surface area (Å²) in [4.78, 5) is 0. The summed E-state index contributed by atoms with van der Waals surface area (Å²) in [6.07, 6.45) is 0. The molecule has 0 saturated carbocycles. The van der Waals surface area contributed by atoms with Crippen molar-refractivity contribution in [2.24, 2.45) is 0 Å². The lowest BCUT2D eigenvalue weighted by Crippen LogP contribution is -2.13. The van der Waals surface area contributed by atoms with Crippen LogP contribution in [0.4, 0.5) is 17.1 Å². The molecule has 3 N–H and O–H groups in total. The van der Waals surface area contributed by atoms with Gasteiger partial charge >= 0.3 is 0 Å². The van der Waals surface area contributed by atoms with E-state index >= 15 is 0 Å². The second-order valence-electron chi connectivity index (χ2n) is 5.84. The first-order chi connectivity index (χ1) is 9.41. The highest BCUT2D eigenvalue weighted by molar-refractivity contribution is 5.71. The van der Waals surface area contributed by atoms with Crippen LogP contribution in [0.25, 0.3) is 0 Å². The molecule has 0 fully saturated rings. The highest BCUT2D eigenvalue weighted by Crippen LogP contribution is 2.32. The van der Waals surface area contributed by atoms with Gasteiger partial charge in [0.05, 0.1) is 11.3 Å². The van der Waals surface area contributed by atoms with E-state index in [2.05, 4.69) is 38.2 Å². The maximum Gasteiger partial charge on any atom is 0.101 e. The first-order valence-electron chi connectivity index (χ1n) is 6.58. The highest BCUT2D eigenvalue weighted by Gasteiger charge is 2.17. The Labute approximate surface area is 120 Å². The number of para-hydroxylation sites is 1. The van der Waals surface area contributed by atoms with E-state index in [0.717, 1.165) is 11.4 Å². The molecular formula is C17H19N3. The molecule has 3 heteroatoms. The Balaban J connectivity index is 2.44. The fraction of sp³-hybridized carbons (Fsp3) is 0.235. The summed E-state index contributed by atoms with van der Waals surface area (Å²) in [5.41, 5.74) is 9.89. The van der Waals surface area contributed by atoms with Gasteiger partial charge in [-0.1, -0.05) is 39.0 Å². The minimum absolute atomic E-state index is 0.0320. The largest absolute Gasteiger partial charge is 0.399 e. The van der Waals surface area contributed by atoms with Crippen molar-refractivity contribution in [3.63, 3.8) is 0 Å². The second-order valence-corrected chi connectivity index (χ2v) is 5.84. The Morgan fingerprint density at radius 2 is 1.75 bits per heavy atom. The third-order valence-corrected chi connectivity index (χ3v) is 3.17. The van der Waals surface area contributed by atoms with Gasteiger partial charge < -0.3 is 11.1 Å². The van der Waals surface area contributed by atoms with Crippen molar-refractivity contribution in [1.82, 2.24) is 0 Å². The van der Waals surface area contributed by atoms with E-state index in [1.54, 1.807) is 12.1 Å². The van der Waals surface area contributed by atoms with Gasteiger partial charge in [-0.15, -0.1) is 0 Å². The Morgan fingerprint density at radius 1 is 1.05 bits per heavy atom. The van der Waals surface area contributed by atoms with Crippen LogP contribution in [0.15, 0.2) is 42.5 Å². The molecule has 2 aromatic carbocycles. The van der Waals surface area contributed by atoms with Crippen LogP contribution in [0, 0.1) is 11.3 Å². The van der Waals surface area contributed by atoms with Crippen LogP contribution in [-0.4, -0.2) is 0 Å². The molecule has 0 amide bonds. The normalized spacial score (nSPS) is 10.9. The number of nitrogen functional groups attached to an aromatic ring is 1. The van der Waals surface area contributed by atoms with Crippen molar-refractivity contribution >= 4 is 17.1 Å². The van der Waals surface area contributed by atoms with Crippen LogP contribution >= 0.6 is 0 Å². The molecule has 0 saturated heterocycles. The monoisotopic (exact) mass is 265 g/mol. The minimum atomic E-state index is 0.0320. The van der Waals surface area contributed by atoms with Crippen molar-refractivity contribution in [2.45, 2.75) is 26.2 Å². The van der Waals surface area contributed by atoms with Gasteiger partial charge in [-0.25, -0.2) is 0 Å². The quantitative estimate of drug-likeness (QED) is 0.801. The van der Waals surface area contributed by atoms with E-state index in [9.17, 15) is 5.26 Å². The molecule has 102 valence electrons. The van der Waals surface area contributed by atoms with Gasteiger partial charge in [0.1, 0.15) is 6.07 Å². The molecule has 2 aromatic rings. The van der Waals surface area contributed by atoms with Crippen LogP contribution in [0.2, 0.25) is 0 Å². The Morgan fingerprint density at radius 3 is 2.40 bits per heavy atom. The summed E-state index contributed by atoms with van der Waals surface area (Å²) in [5, 5.41) is 12.6. The van der Waals surface area contributed by atoms with E-state index in [0.29, 0.717) is 11.3 Å². The van der Waals surface area contributed by atoms with Gasteiger partial charge in [0.25, 0.3) is 0 Å². The molecule has 0 atom stereocenters. The van der Waals surface area contributed by atoms with Crippen molar-refractivity contribution in [1.29, 1.82) is 5.26 Å². The van der Waals surface area contributed by atoms with Crippen LogP contribution in [0.3, 0.4) is 0 Å². The fourth-order valence-corrected chi connectivity index (χ4v) is 2.15. The zero-order valence-corrected chi connectivity index (χ0v) is 12.1. The van der Waals surface area contributed by atoms with Gasteiger partial charge in [0.15, 0.2) is 0 Å². The molecule has 0 unspecified atom stereocenters. The number of nitrogens with zero attached hydrogens (tertiary/aromatic N) is 1. The second kappa shape index (κ2) is 5.26. The maximum absolute atomic E-state index is 9.20. The Bertz CT molecular complexity index is 661. The lowest BCUT2D eigenvalue weighted by atomic mass is 9.85. The van der Waals surface area contributed by atoms with E-state index in [4.69, 9.17) is 5.73 Å². The molecule has 0 bridgehead atoms. The fourth-order valence-electron chi connectivity index (χ4n) is 2.15. The number of nitriles is 1. The summed E-state index contributed by atoms with van der Waals surface area (Å²) in [6, 6.07) is 15.6. The van der Waals surface area contributed by atoms with Gasteiger partial charge in [-0.05, 0) is 35.2 Å². The van der Waals surface area contributed by atoms with Crippen molar-refractivity contribution in [3.8, 4) is 6.07 Å². The van der Waals surface area contributed by atoms with E-state index in [1.807, 2.05) is 24.3 Å². The number of hydrogen-bond donors (Lipinski definition) is 2. The molecule has 0 heterocycles. The molecule has 0 spiro atoms. The molecule has 2 rings (SSSR count). The van der Waals surface area contributed by atoms with E-state index in [-0.39, 0.29) is 5.41 Å². The number of benzene rings is 2. The lowest BCUT2D eigenvalue weighted by Gasteiger charge is -2.23. The summed E-state index contributed by atoms with van der Waals surface area (Å²) in [7, 11) is 0. The van der Waals surface area contributed by atoms with Gasteiger partial charge in [-0.3, -0.25) is 0 Å². The zero-order valence-electron chi connectivity index (χ0n) is 12.1. The van der Waals surface area contributed by atoms with Gasteiger partial charge in [0, 0.05) is 11.4 Å². The predicted octanol–water partition coefficient (Wildman–Crippen LogP) is 4.18. The molecule has 0 aliphatic rings. The number of nitrogens with one attached hydrogen (secondary N) is 1. The first-order valence-corrected chi connectivity index (χ1v) is 6.58. The van der Waals surface area contributed by atoms with Crippen LogP contribution in [0.1, 0.15) is 31.9 Å². The molecule has 3 nitrogen and oxygen atoms in total. The third-order valence-electron chi connectivity index (χ3n) is 3.17. The lowest BCUT2D eigenvalue weighted by molar-refractivity contribution is 0.592. The summed E-state index contributed by atoms with van der Waals surface area (Å²) >= 11 is 0. The molecule has 0 aromatic heterocycles. The molecular weight excluding hydrogens is 246 g/mol. The Kier molecular flexibility index (Phi) is 3.67. The SMILES string of the molecule is CC(C)(C)c1ccccc1Nc1ccc(N)cc1C#N. The maximum atomic E-state index is 9.20. The van der Waals surface area contributed by atoms with Crippen molar-refractivity contribution < 1.29 is 0 Å². The van der Waals surface area contributed by atoms with Crippen molar-refractivity contribution in [2.75, 3.05) is 11.1 Å². The van der Waals surface area contributed by atoms with Crippen molar-refractivity contribution in [3.05, 3.63) is 53.6 Å². The van der Waals surface area contributed by atoms with E-state index in [1.165, 1.54) is 5.56 Å². The number of hydrogen-bond acceptors (Lipinski definition) is 3. The summed E-state index contributed by atoms with van der Waals surface area (Å²) in [6.45, 7) is 6.51. The van der Waals surface area contributed by atoms with Crippen LogP contribution in [-0.2, 0) is 5.41 Å². The highest BCUT2D eigenvalue weighted by atomic mass is 14.9. The van der Waals surface area contributed by atoms with E-state index < -0.39 is 0 Å². The van der Waals surface area contributed by atoms with Crippen LogP contribution in [0.5, 0.6) is 0 Å². The van der Waals surface area contributed by atoms with Crippen LogP contribution < -0.4 is 11.1 Å². The standard InChI is InChI=1S/C17H19N3/c1-17(2,3)14-6-4-5-7-16(14)20-15-9-8-13(19)10-12(15)11-18/h4-10,20H,19H2,1-3H3. The molecule has 0 aliphatic carbocycles. The Hall–Kier alpha value is -2.47. The first kappa shape index (κ1) is 14.0. The smallest absolute Gasteiger partial charge is 0.101 e. The molecule has 0 aliphatic heterocycles. The molecule has 20 heavy (non-hydrogen) atoms. The minimum Gasteiger partial charge on any atom is -0.399 e. The number of nitrogens with two attached hydrogens (primary N) is 1. The topological polar surface area (TPSA) is 61.8 Å². The molecule has 0 radical (unpaired) electrons. The predicted molar refractivity (Wildman–Crippen MR) is 84.0 cm³/mol. The van der Waals surface area contributed by atoms with Gasteiger partial charge in [-0.2, -0.15) is 5.26 Å². The summed E-state index contributed by atoms with van der Waals surface area (Å²) < 4.78 is 0. The summed E-state index contributed by atoms with van der Waals surface area (Å²) in [5.74, 6) is 0. The number of rotatable bonds is 2. The average Bonchev–Trinajstić information content (AvgIpc) is 2.40. The number of anilines is 3. The third kappa shape index (κ3) is 2.92. The zero-order chi connectivity index (χ0) is 14.8. The van der Waals surface area contributed by atoms with Gasteiger partial charge in [0.2, 0.25) is 0 Å². The average molecular weight is 265 g/mol.